The van der Waals surface area contributed by atoms with E-state index in [2.05, 4.69) is 4.98 Å². The second kappa shape index (κ2) is 5.35. The Kier molecular flexibility index (Phi) is 4.02. The highest BCUT2D eigenvalue weighted by atomic mass is 16.5. The molecular formula is C9H14N2O2. The Hall–Kier alpha value is -1.32. The first-order valence-corrected chi connectivity index (χ1v) is 4.44. The molecule has 0 aromatic carbocycles. The highest BCUT2D eigenvalue weighted by molar-refractivity contribution is 5.69. The molecular weight excluding hydrogens is 168 g/mol. The Morgan fingerprint density at radius 3 is 3.08 bits per heavy atom. The average Bonchev–Trinajstić information content (AvgIpc) is 2.57. The number of hydrogen-bond donors (Lipinski definition) is 0. The van der Waals surface area contributed by atoms with E-state index >= 15 is 0 Å². The van der Waals surface area contributed by atoms with Crippen LogP contribution in [0, 0.1) is 0 Å². The van der Waals surface area contributed by atoms with Crippen molar-refractivity contribution in [3.8, 4) is 0 Å². The number of rotatable bonds is 5. The van der Waals surface area contributed by atoms with Gasteiger partial charge in [0.2, 0.25) is 0 Å². The molecule has 0 aliphatic heterocycles. The van der Waals surface area contributed by atoms with Crippen molar-refractivity contribution in [3.05, 3.63) is 18.7 Å². The van der Waals surface area contributed by atoms with E-state index in [4.69, 9.17) is 4.74 Å². The third kappa shape index (κ3) is 3.73. The van der Waals surface area contributed by atoms with Crippen molar-refractivity contribution in [3.63, 3.8) is 0 Å². The lowest BCUT2D eigenvalue weighted by atomic mass is 10.3. The topological polar surface area (TPSA) is 44.1 Å². The normalized spacial score (nSPS) is 9.92. The third-order valence-corrected chi connectivity index (χ3v) is 1.63. The minimum absolute atomic E-state index is 0.123. The Bertz CT molecular complexity index is 244. The first-order valence-electron chi connectivity index (χ1n) is 4.44. The van der Waals surface area contributed by atoms with E-state index in [0.717, 1.165) is 6.42 Å². The Morgan fingerprint density at radius 2 is 2.46 bits per heavy atom. The molecule has 1 rings (SSSR count). The van der Waals surface area contributed by atoms with Crippen molar-refractivity contribution in [2.24, 2.45) is 0 Å². The van der Waals surface area contributed by atoms with Gasteiger partial charge in [0, 0.05) is 18.8 Å². The fraction of sp³-hybridized carbons (Fsp3) is 0.556. The number of aromatic nitrogens is 2. The summed E-state index contributed by atoms with van der Waals surface area (Å²) in [5, 5.41) is 0. The molecule has 0 atom stereocenters. The van der Waals surface area contributed by atoms with Gasteiger partial charge < -0.3 is 9.30 Å². The van der Waals surface area contributed by atoms with Crippen LogP contribution in [0.5, 0.6) is 0 Å². The zero-order valence-electron chi connectivity index (χ0n) is 7.77. The molecule has 0 saturated carbocycles. The largest absolute Gasteiger partial charge is 0.464 e. The van der Waals surface area contributed by atoms with Crippen LogP contribution in [0.25, 0.3) is 0 Å². The maximum Gasteiger partial charge on any atom is 0.305 e. The van der Waals surface area contributed by atoms with E-state index in [1.165, 1.54) is 0 Å². The summed E-state index contributed by atoms with van der Waals surface area (Å²) in [5.74, 6) is -0.123. The molecule has 0 aliphatic rings. The first-order chi connectivity index (χ1) is 6.33. The van der Waals surface area contributed by atoms with Crippen molar-refractivity contribution >= 4 is 5.97 Å². The molecule has 1 heterocycles. The monoisotopic (exact) mass is 182 g/mol. The second-order valence-electron chi connectivity index (χ2n) is 2.77. The summed E-state index contributed by atoms with van der Waals surface area (Å²) in [5.41, 5.74) is 0. The number of nitrogens with zero attached hydrogens (tertiary/aromatic N) is 2. The van der Waals surface area contributed by atoms with Crippen molar-refractivity contribution < 1.29 is 9.53 Å². The predicted molar refractivity (Wildman–Crippen MR) is 48.1 cm³/mol. The minimum Gasteiger partial charge on any atom is -0.464 e. The van der Waals surface area contributed by atoms with Crippen molar-refractivity contribution in [1.82, 2.24) is 9.55 Å². The summed E-state index contributed by atoms with van der Waals surface area (Å²) < 4.78 is 6.84. The maximum atomic E-state index is 10.9. The van der Waals surface area contributed by atoms with Gasteiger partial charge in [-0.1, -0.05) is 6.92 Å². The smallest absolute Gasteiger partial charge is 0.305 e. The standard InChI is InChI=1S/C9H14N2O2/c1-2-3-9(12)13-7-6-11-5-4-10-8-11/h4-5,8H,2-3,6-7H2,1H3. The zero-order chi connectivity index (χ0) is 9.52. The molecule has 1 aromatic rings. The molecule has 0 N–H and O–H groups in total. The quantitative estimate of drug-likeness (QED) is 0.643. The molecule has 0 unspecified atom stereocenters. The van der Waals surface area contributed by atoms with Crippen molar-refractivity contribution in [1.29, 1.82) is 0 Å². The predicted octanol–water partition coefficient (Wildman–Crippen LogP) is 1.23. The highest BCUT2D eigenvalue weighted by Crippen LogP contribution is 1.92. The van der Waals surface area contributed by atoms with Gasteiger partial charge in [-0.05, 0) is 6.42 Å². The molecule has 0 bridgehead atoms. The molecule has 4 nitrogen and oxygen atoms in total. The van der Waals surface area contributed by atoms with Crippen molar-refractivity contribution in [2.45, 2.75) is 26.3 Å². The van der Waals surface area contributed by atoms with Crippen LogP contribution in [0.15, 0.2) is 18.7 Å². The molecule has 1 aromatic heterocycles. The van der Waals surface area contributed by atoms with Crippen LogP contribution in [-0.4, -0.2) is 22.1 Å². The van der Waals surface area contributed by atoms with E-state index in [0.29, 0.717) is 19.6 Å². The molecule has 0 spiro atoms. The lowest BCUT2D eigenvalue weighted by molar-refractivity contribution is -0.143. The van der Waals surface area contributed by atoms with Gasteiger partial charge in [-0.15, -0.1) is 0 Å². The first kappa shape index (κ1) is 9.77. The SMILES string of the molecule is CCCC(=O)OCCn1ccnc1. The van der Waals surface area contributed by atoms with Gasteiger partial charge in [-0.3, -0.25) is 4.79 Å². The second-order valence-corrected chi connectivity index (χ2v) is 2.77. The van der Waals surface area contributed by atoms with Crippen LogP contribution >= 0.6 is 0 Å². The summed E-state index contributed by atoms with van der Waals surface area (Å²) >= 11 is 0. The number of imidazole rings is 1. The molecule has 0 fully saturated rings. The summed E-state index contributed by atoms with van der Waals surface area (Å²) in [6.07, 6.45) is 6.59. The van der Waals surface area contributed by atoms with E-state index in [1.54, 1.807) is 12.5 Å². The van der Waals surface area contributed by atoms with Gasteiger partial charge in [-0.2, -0.15) is 0 Å². The third-order valence-electron chi connectivity index (χ3n) is 1.63. The molecule has 0 saturated heterocycles. The number of esters is 1. The molecule has 0 amide bonds. The lowest BCUT2D eigenvalue weighted by Crippen LogP contribution is -2.09. The maximum absolute atomic E-state index is 10.9. The Morgan fingerprint density at radius 1 is 1.62 bits per heavy atom. The highest BCUT2D eigenvalue weighted by Gasteiger charge is 1.99. The van der Waals surface area contributed by atoms with Gasteiger partial charge in [0.25, 0.3) is 0 Å². The van der Waals surface area contributed by atoms with Gasteiger partial charge in [-0.25, -0.2) is 4.98 Å². The average molecular weight is 182 g/mol. The molecule has 4 heteroatoms. The fourth-order valence-electron chi connectivity index (χ4n) is 0.960. The number of ether oxygens (including phenoxy) is 1. The van der Waals surface area contributed by atoms with Crippen LogP contribution in [0.2, 0.25) is 0 Å². The van der Waals surface area contributed by atoms with Gasteiger partial charge in [0.15, 0.2) is 0 Å². The van der Waals surface area contributed by atoms with Crippen molar-refractivity contribution in [2.75, 3.05) is 6.61 Å². The number of carbonyl (C=O) groups excluding carboxylic acids is 1. The van der Waals surface area contributed by atoms with Gasteiger partial charge in [0.05, 0.1) is 12.9 Å². The van der Waals surface area contributed by atoms with Gasteiger partial charge in [0.1, 0.15) is 6.61 Å². The molecule has 0 radical (unpaired) electrons. The molecule has 0 aliphatic carbocycles. The van der Waals surface area contributed by atoms with Crippen LogP contribution < -0.4 is 0 Å². The summed E-state index contributed by atoms with van der Waals surface area (Å²) in [6, 6.07) is 0. The van der Waals surface area contributed by atoms with Gasteiger partial charge >= 0.3 is 5.97 Å². The zero-order valence-corrected chi connectivity index (χ0v) is 7.77. The lowest BCUT2D eigenvalue weighted by Gasteiger charge is -2.03. The van der Waals surface area contributed by atoms with Crippen LogP contribution in [0.1, 0.15) is 19.8 Å². The minimum atomic E-state index is -0.123. The summed E-state index contributed by atoms with van der Waals surface area (Å²) in [7, 11) is 0. The van der Waals surface area contributed by atoms with E-state index < -0.39 is 0 Å². The van der Waals surface area contributed by atoms with Crippen LogP contribution in [-0.2, 0) is 16.1 Å². The van der Waals surface area contributed by atoms with Crippen LogP contribution in [0.4, 0.5) is 0 Å². The number of hydrogen-bond acceptors (Lipinski definition) is 3. The summed E-state index contributed by atoms with van der Waals surface area (Å²) in [6.45, 7) is 3.06. The molecule has 13 heavy (non-hydrogen) atoms. The molecule has 72 valence electrons. The Balaban J connectivity index is 2.11. The van der Waals surface area contributed by atoms with E-state index in [9.17, 15) is 4.79 Å². The van der Waals surface area contributed by atoms with E-state index in [1.807, 2.05) is 17.7 Å². The fourth-order valence-corrected chi connectivity index (χ4v) is 0.960. The number of carbonyl (C=O) groups is 1. The Labute approximate surface area is 77.5 Å². The van der Waals surface area contributed by atoms with E-state index in [-0.39, 0.29) is 5.97 Å². The summed E-state index contributed by atoms with van der Waals surface area (Å²) in [4.78, 5) is 14.8. The van der Waals surface area contributed by atoms with Crippen LogP contribution in [0.3, 0.4) is 0 Å².